The zero-order chi connectivity index (χ0) is 14.9. The lowest BCUT2D eigenvalue weighted by molar-refractivity contribution is 0.0478. The zero-order valence-corrected chi connectivity index (χ0v) is 13.6. The fourth-order valence-corrected chi connectivity index (χ4v) is 3.42. The highest BCUT2D eigenvalue weighted by Gasteiger charge is 2.41. The van der Waals surface area contributed by atoms with Crippen LogP contribution >= 0.6 is 0 Å². The third kappa shape index (κ3) is 3.07. The minimum Gasteiger partial charge on any atom is -0.375 e. The Morgan fingerprint density at radius 2 is 2.00 bits per heavy atom. The molecule has 0 aromatic carbocycles. The third-order valence-electron chi connectivity index (χ3n) is 4.78. The Balaban J connectivity index is 2.08. The predicted molar refractivity (Wildman–Crippen MR) is 81.8 cm³/mol. The van der Waals surface area contributed by atoms with Crippen LogP contribution in [0.3, 0.4) is 0 Å². The molecule has 0 aliphatic carbocycles. The van der Waals surface area contributed by atoms with Crippen molar-refractivity contribution in [1.29, 1.82) is 0 Å². The van der Waals surface area contributed by atoms with E-state index in [9.17, 15) is 0 Å². The van der Waals surface area contributed by atoms with Gasteiger partial charge in [-0.3, -0.25) is 4.68 Å². The van der Waals surface area contributed by atoms with Crippen molar-refractivity contribution in [3.8, 4) is 0 Å². The average Bonchev–Trinajstić information content (AvgIpc) is 2.94. The van der Waals surface area contributed by atoms with E-state index < -0.39 is 0 Å². The second-order valence-corrected chi connectivity index (χ2v) is 6.46. The van der Waals surface area contributed by atoms with Gasteiger partial charge < -0.3 is 10.1 Å². The van der Waals surface area contributed by atoms with Crippen LogP contribution in [0.15, 0.2) is 12.3 Å². The Morgan fingerprint density at radius 3 is 2.45 bits per heavy atom. The molecule has 1 fully saturated rings. The summed E-state index contributed by atoms with van der Waals surface area (Å²) in [5, 5.41) is 8.16. The largest absolute Gasteiger partial charge is 0.375 e. The molecule has 4 nitrogen and oxygen atoms in total. The van der Waals surface area contributed by atoms with Crippen molar-refractivity contribution in [3.63, 3.8) is 0 Å². The molecule has 1 saturated heterocycles. The summed E-state index contributed by atoms with van der Waals surface area (Å²) in [5.74, 6) is 1.12. The summed E-state index contributed by atoms with van der Waals surface area (Å²) in [5.41, 5.74) is 1.16. The highest BCUT2D eigenvalue weighted by Crippen LogP contribution is 2.35. The summed E-state index contributed by atoms with van der Waals surface area (Å²) in [7, 11) is 2.05. The Kier molecular flexibility index (Phi) is 4.86. The lowest BCUT2D eigenvalue weighted by atomic mass is 9.82. The molecule has 0 amide bonds. The third-order valence-corrected chi connectivity index (χ3v) is 4.78. The zero-order valence-electron chi connectivity index (χ0n) is 13.6. The maximum absolute atomic E-state index is 5.98. The van der Waals surface area contributed by atoms with Crippen molar-refractivity contribution in [3.05, 3.63) is 18.0 Å². The minimum absolute atomic E-state index is 0.310. The van der Waals surface area contributed by atoms with Crippen LogP contribution in [0.5, 0.6) is 0 Å². The quantitative estimate of drug-likeness (QED) is 0.900. The first-order valence-corrected chi connectivity index (χ1v) is 7.80. The van der Waals surface area contributed by atoms with Crippen molar-refractivity contribution in [2.24, 2.45) is 11.8 Å². The maximum atomic E-state index is 5.98. The summed E-state index contributed by atoms with van der Waals surface area (Å²) in [4.78, 5) is 0. The molecule has 2 heterocycles. The maximum Gasteiger partial charge on any atom is 0.0640 e. The van der Waals surface area contributed by atoms with Crippen molar-refractivity contribution in [2.75, 3.05) is 7.05 Å². The van der Waals surface area contributed by atoms with Crippen LogP contribution in [0.1, 0.15) is 46.4 Å². The Bertz CT molecular complexity index is 429. The normalized spacial score (nSPS) is 31.9. The van der Waals surface area contributed by atoms with Crippen LogP contribution in [0.25, 0.3) is 0 Å². The summed E-state index contributed by atoms with van der Waals surface area (Å²) in [6.45, 7) is 11.0. The summed E-state index contributed by atoms with van der Waals surface area (Å²) >= 11 is 0. The first-order valence-electron chi connectivity index (χ1n) is 7.80. The average molecular weight is 279 g/mol. The molecule has 0 saturated carbocycles. The second-order valence-electron chi connectivity index (χ2n) is 6.46. The number of nitrogens with one attached hydrogen (secondary N) is 1. The number of likely N-dealkylation sites (N-methyl/N-ethyl adjacent to an activating group) is 1. The van der Waals surface area contributed by atoms with Gasteiger partial charge in [0, 0.05) is 30.6 Å². The SMILES string of the molecule is CNC(Cc1ccn(C(C)C)n1)C1C(C)OC(C)C1C. The highest BCUT2D eigenvalue weighted by atomic mass is 16.5. The monoisotopic (exact) mass is 279 g/mol. The van der Waals surface area contributed by atoms with E-state index in [0.29, 0.717) is 36.1 Å². The van der Waals surface area contributed by atoms with Gasteiger partial charge in [0.15, 0.2) is 0 Å². The van der Waals surface area contributed by atoms with Crippen LogP contribution in [-0.2, 0) is 11.2 Å². The number of aromatic nitrogens is 2. The van der Waals surface area contributed by atoms with E-state index in [1.54, 1.807) is 0 Å². The van der Waals surface area contributed by atoms with E-state index in [2.05, 4.69) is 57.3 Å². The van der Waals surface area contributed by atoms with Crippen LogP contribution in [0, 0.1) is 11.8 Å². The van der Waals surface area contributed by atoms with Gasteiger partial charge in [-0.15, -0.1) is 0 Å². The predicted octanol–water partition coefficient (Wildman–Crippen LogP) is 2.65. The van der Waals surface area contributed by atoms with E-state index in [0.717, 1.165) is 12.1 Å². The fraction of sp³-hybridized carbons (Fsp3) is 0.812. The Labute approximate surface area is 122 Å². The molecule has 1 aliphatic heterocycles. The first kappa shape index (κ1) is 15.5. The van der Waals surface area contributed by atoms with Gasteiger partial charge in [-0.25, -0.2) is 0 Å². The van der Waals surface area contributed by atoms with Gasteiger partial charge >= 0.3 is 0 Å². The number of hydrogen-bond donors (Lipinski definition) is 1. The topological polar surface area (TPSA) is 39.1 Å². The summed E-state index contributed by atoms with van der Waals surface area (Å²) in [6, 6.07) is 2.98. The summed E-state index contributed by atoms with van der Waals surface area (Å²) < 4.78 is 8.01. The molecular weight excluding hydrogens is 250 g/mol. The molecule has 114 valence electrons. The van der Waals surface area contributed by atoms with Crippen molar-refractivity contribution < 1.29 is 4.74 Å². The highest BCUT2D eigenvalue weighted by molar-refractivity contribution is 5.05. The molecule has 2 rings (SSSR count). The molecule has 20 heavy (non-hydrogen) atoms. The molecular formula is C16H29N3O. The lowest BCUT2D eigenvalue weighted by Gasteiger charge is -2.28. The van der Waals surface area contributed by atoms with Crippen LogP contribution < -0.4 is 5.32 Å². The smallest absolute Gasteiger partial charge is 0.0640 e. The van der Waals surface area contributed by atoms with Crippen molar-refractivity contribution in [2.45, 2.75) is 65.3 Å². The molecule has 5 atom stereocenters. The fourth-order valence-electron chi connectivity index (χ4n) is 3.42. The molecule has 0 radical (unpaired) electrons. The van der Waals surface area contributed by atoms with E-state index in [4.69, 9.17) is 4.74 Å². The summed E-state index contributed by atoms with van der Waals surface area (Å²) in [6.07, 6.45) is 3.70. The van der Waals surface area contributed by atoms with Crippen molar-refractivity contribution in [1.82, 2.24) is 15.1 Å². The van der Waals surface area contributed by atoms with Crippen LogP contribution in [0.4, 0.5) is 0 Å². The van der Waals surface area contributed by atoms with E-state index >= 15 is 0 Å². The van der Waals surface area contributed by atoms with Gasteiger partial charge in [0.1, 0.15) is 0 Å². The number of ether oxygens (including phenoxy) is 1. The van der Waals surface area contributed by atoms with Gasteiger partial charge in [-0.05, 0) is 46.7 Å². The lowest BCUT2D eigenvalue weighted by Crippen LogP contribution is -2.41. The van der Waals surface area contributed by atoms with Gasteiger partial charge in [-0.1, -0.05) is 6.92 Å². The van der Waals surface area contributed by atoms with Gasteiger partial charge in [0.2, 0.25) is 0 Å². The van der Waals surface area contributed by atoms with Crippen LogP contribution in [0.2, 0.25) is 0 Å². The number of hydrogen-bond acceptors (Lipinski definition) is 3. The van der Waals surface area contributed by atoms with Crippen molar-refractivity contribution >= 4 is 0 Å². The van der Waals surface area contributed by atoms with Gasteiger partial charge in [0.05, 0.1) is 17.9 Å². The van der Waals surface area contributed by atoms with Gasteiger partial charge in [0.25, 0.3) is 0 Å². The van der Waals surface area contributed by atoms with E-state index in [1.165, 1.54) is 0 Å². The Morgan fingerprint density at radius 1 is 1.30 bits per heavy atom. The van der Waals surface area contributed by atoms with Crippen LogP contribution in [-0.4, -0.2) is 35.1 Å². The molecule has 1 N–H and O–H groups in total. The second kappa shape index (κ2) is 6.27. The molecule has 0 bridgehead atoms. The number of rotatable bonds is 5. The first-order chi connectivity index (χ1) is 9.43. The molecule has 1 aromatic heterocycles. The van der Waals surface area contributed by atoms with E-state index in [-0.39, 0.29) is 0 Å². The minimum atomic E-state index is 0.310. The molecule has 4 heteroatoms. The van der Waals surface area contributed by atoms with Gasteiger partial charge in [-0.2, -0.15) is 5.10 Å². The van der Waals surface area contributed by atoms with E-state index in [1.807, 2.05) is 11.7 Å². The molecule has 5 unspecified atom stereocenters. The standard InChI is InChI=1S/C16H29N3O/c1-10(2)19-8-7-14(18-19)9-15(17-6)16-11(3)12(4)20-13(16)5/h7-8,10-13,15-17H,9H2,1-6H3. The molecule has 1 aromatic rings. The molecule has 1 aliphatic rings. The number of nitrogens with zero attached hydrogens (tertiary/aromatic N) is 2. The Hall–Kier alpha value is -0.870. The molecule has 0 spiro atoms.